The van der Waals surface area contributed by atoms with Gasteiger partial charge in [-0.05, 0) is 162 Å². The number of anilines is 6. The molecule has 1 aliphatic carbocycles. The second-order valence-electron chi connectivity index (χ2n) is 25.9. The Labute approximate surface area is 403 Å². The lowest BCUT2D eigenvalue weighted by Crippen LogP contribution is -2.61. The minimum absolute atomic E-state index is 0.0143. The van der Waals surface area contributed by atoms with Gasteiger partial charge in [0.15, 0.2) is 0 Å². The minimum Gasteiger partial charge on any atom is -0.468 e. The number of furan rings is 1. The first-order chi connectivity index (χ1) is 31.1. The summed E-state index contributed by atoms with van der Waals surface area (Å²) >= 11 is 0. The van der Waals surface area contributed by atoms with Crippen LogP contribution in [0.3, 0.4) is 0 Å². The van der Waals surface area contributed by atoms with Gasteiger partial charge < -0.3 is 14.2 Å². The summed E-state index contributed by atoms with van der Waals surface area (Å²) in [7, 11) is 0. The van der Waals surface area contributed by atoms with Crippen LogP contribution >= 0.6 is 0 Å². The molecule has 0 saturated heterocycles. The smallest absolute Gasteiger partial charge is 0.297 e. The quantitative estimate of drug-likeness (QED) is 0.165. The number of nitrogens with zero attached hydrogens (tertiary/aromatic N) is 2. The van der Waals surface area contributed by atoms with Crippen molar-refractivity contribution in [2.45, 2.75) is 163 Å². The Morgan fingerprint density at radius 1 is 0.507 bits per heavy atom. The largest absolute Gasteiger partial charge is 0.468 e. The van der Waals surface area contributed by atoms with Crippen molar-refractivity contribution in [2.24, 2.45) is 0 Å². The van der Waals surface area contributed by atoms with Gasteiger partial charge in [0, 0.05) is 33.7 Å². The second kappa shape index (κ2) is 14.8. The number of aryl methyl sites for hydroxylation is 1. The van der Waals surface area contributed by atoms with E-state index in [9.17, 15) is 0 Å². The molecule has 0 N–H and O–H groups in total. The van der Waals surface area contributed by atoms with Crippen LogP contribution in [0, 0.1) is 6.92 Å². The Balaban J connectivity index is 1.38. The van der Waals surface area contributed by atoms with E-state index < -0.39 is 0 Å². The maximum absolute atomic E-state index is 7.51. The SMILES string of the molecule is Cc1cc2c3c(c1)N(c1cc(C(C)(C)C)cc(C(C)(C)C)c1)c1c(oc4ccc(C(C)(C)C)cc14)B3c1cc3c(cc1N2c1ccc(C(C)(C)C)cc1-c1ccccc1)C(C)(C)CCC3(C)C. The third kappa shape index (κ3) is 7.39. The van der Waals surface area contributed by atoms with Crippen LogP contribution in [0.1, 0.15) is 163 Å². The van der Waals surface area contributed by atoms with Crippen LogP contribution in [0.4, 0.5) is 34.1 Å². The molecule has 0 atom stereocenters. The highest BCUT2D eigenvalue weighted by Gasteiger charge is 2.49. The highest BCUT2D eigenvalue weighted by atomic mass is 16.3. The summed E-state index contributed by atoms with van der Waals surface area (Å²) in [6.45, 7) is 40.1. The first-order valence-electron chi connectivity index (χ1n) is 25.0. The molecule has 3 aliphatic rings. The van der Waals surface area contributed by atoms with E-state index in [2.05, 4.69) is 237 Å². The van der Waals surface area contributed by atoms with E-state index in [1.165, 1.54) is 94.8 Å². The van der Waals surface area contributed by atoms with Gasteiger partial charge in [-0.3, -0.25) is 0 Å². The number of benzene rings is 6. The van der Waals surface area contributed by atoms with Crippen molar-refractivity contribution in [1.29, 1.82) is 0 Å². The summed E-state index contributed by atoms with van der Waals surface area (Å²) in [5, 5.41) is 1.17. The topological polar surface area (TPSA) is 19.6 Å². The van der Waals surface area contributed by atoms with Crippen molar-refractivity contribution in [3.8, 4) is 11.1 Å². The summed E-state index contributed by atoms with van der Waals surface area (Å²) in [6.07, 6.45) is 2.29. The molecule has 0 spiro atoms. The molecule has 0 radical (unpaired) electrons. The Kier molecular flexibility index (Phi) is 9.98. The summed E-state index contributed by atoms with van der Waals surface area (Å²) in [5.41, 5.74) is 23.5. The van der Waals surface area contributed by atoms with Gasteiger partial charge in [0.25, 0.3) is 6.71 Å². The number of fused-ring (bicyclic) bond motifs is 7. The van der Waals surface area contributed by atoms with E-state index >= 15 is 0 Å². The fourth-order valence-corrected chi connectivity index (χ4v) is 11.3. The molecule has 0 unspecified atom stereocenters. The van der Waals surface area contributed by atoms with Gasteiger partial charge in [-0.2, -0.15) is 0 Å². The third-order valence-electron chi connectivity index (χ3n) is 15.7. The van der Waals surface area contributed by atoms with Gasteiger partial charge in [0.2, 0.25) is 0 Å². The molecule has 0 saturated carbocycles. The molecule has 344 valence electrons. The Morgan fingerprint density at radius 3 is 1.63 bits per heavy atom. The molecule has 2 aliphatic heterocycles. The molecule has 4 heteroatoms. The Hall–Kier alpha value is -5.48. The molecule has 0 fully saturated rings. The van der Waals surface area contributed by atoms with Crippen molar-refractivity contribution in [1.82, 2.24) is 0 Å². The van der Waals surface area contributed by atoms with Gasteiger partial charge in [0.05, 0.1) is 17.0 Å². The van der Waals surface area contributed by atoms with Crippen molar-refractivity contribution >= 4 is 68.4 Å². The predicted octanol–water partition coefficient (Wildman–Crippen LogP) is 16.0. The fraction of sp³-hybridized carbons (Fsp3) is 0.397. The standard InChI is InChI=1S/C63H73BN2O/c1-38-29-52-55-53(30-38)66(50-25-23-40(58(2,3)4)34-45(50)39-21-19-18-20-22-39)51-37-48-47(62(14,15)27-28-63(48,16)17)36-49(51)64(55)57-56(46-35-41(59(5,6)7)24-26-54(46)67-57)65(52)44-32-42(60(8,9)10)31-43(33-44)61(11,12)13/h18-26,29-37H,27-28H2,1-17H3. The summed E-state index contributed by atoms with van der Waals surface area (Å²) < 4.78 is 7.51. The van der Waals surface area contributed by atoms with Crippen molar-refractivity contribution in [2.75, 3.05) is 9.80 Å². The molecule has 0 bridgehead atoms. The van der Waals surface area contributed by atoms with E-state index in [0.717, 1.165) is 29.8 Å². The van der Waals surface area contributed by atoms with Gasteiger partial charge in [-0.15, -0.1) is 0 Å². The van der Waals surface area contributed by atoms with E-state index in [1.807, 2.05) is 0 Å². The van der Waals surface area contributed by atoms with Crippen LogP contribution in [-0.2, 0) is 32.5 Å². The average Bonchev–Trinajstić information content (AvgIpc) is 3.62. The molecular weight excluding hydrogens is 812 g/mol. The minimum atomic E-state index is -0.137. The molecule has 10 rings (SSSR count). The molecule has 3 nitrogen and oxygen atoms in total. The van der Waals surface area contributed by atoms with Crippen LogP contribution in [0.2, 0.25) is 0 Å². The van der Waals surface area contributed by atoms with Crippen molar-refractivity contribution in [3.05, 3.63) is 148 Å². The maximum atomic E-state index is 7.51. The summed E-state index contributed by atoms with van der Waals surface area (Å²) in [4.78, 5) is 5.26. The molecule has 3 heterocycles. The summed E-state index contributed by atoms with van der Waals surface area (Å²) in [5.74, 6) is 0. The first kappa shape index (κ1) is 45.3. The van der Waals surface area contributed by atoms with Crippen LogP contribution in [0.25, 0.3) is 22.1 Å². The lowest BCUT2D eigenvalue weighted by atomic mass is 9.35. The van der Waals surface area contributed by atoms with E-state index in [-0.39, 0.29) is 39.2 Å². The molecular formula is C63H73BN2O. The molecule has 67 heavy (non-hydrogen) atoms. The molecule has 0 amide bonds. The second-order valence-corrected chi connectivity index (χ2v) is 25.9. The van der Waals surface area contributed by atoms with Gasteiger partial charge >= 0.3 is 0 Å². The van der Waals surface area contributed by atoms with E-state index in [0.29, 0.717) is 0 Å². The van der Waals surface area contributed by atoms with Crippen molar-refractivity contribution in [3.63, 3.8) is 0 Å². The lowest BCUT2D eigenvalue weighted by molar-refractivity contribution is 0.332. The highest BCUT2D eigenvalue weighted by molar-refractivity contribution is 7.00. The van der Waals surface area contributed by atoms with Crippen LogP contribution < -0.4 is 26.4 Å². The Morgan fingerprint density at radius 2 is 1.04 bits per heavy atom. The molecule has 7 aromatic rings. The van der Waals surface area contributed by atoms with Crippen LogP contribution in [0.5, 0.6) is 0 Å². The zero-order chi connectivity index (χ0) is 48.1. The lowest BCUT2D eigenvalue weighted by Gasteiger charge is -2.47. The normalized spacial score (nSPS) is 16.5. The van der Waals surface area contributed by atoms with E-state index in [1.54, 1.807) is 0 Å². The van der Waals surface area contributed by atoms with Crippen LogP contribution in [0.15, 0.2) is 114 Å². The number of hydrogen-bond acceptors (Lipinski definition) is 3. The molecule has 6 aromatic carbocycles. The predicted molar refractivity (Wildman–Crippen MR) is 290 cm³/mol. The van der Waals surface area contributed by atoms with Gasteiger partial charge in [-0.1, -0.05) is 165 Å². The average molecular weight is 885 g/mol. The third-order valence-corrected chi connectivity index (χ3v) is 15.7. The van der Waals surface area contributed by atoms with Gasteiger partial charge in [0.1, 0.15) is 5.58 Å². The number of hydrogen-bond donors (Lipinski definition) is 0. The first-order valence-corrected chi connectivity index (χ1v) is 25.0. The number of rotatable bonds is 3. The maximum Gasteiger partial charge on any atom is 0.297 e. The fourth-order valence-electron chi connectivity index (χ4n) is 11.3. The summed E-state index contributed by atoms with van der Waals surface area (Å²) in [6, 6.07) is 42.8. The van der Waals surface area contributed by atoms with Crippen LogP contribution in [-0.4, -0.2) is 6.71 Å². The zero-order valence-electron chi connectivity index (χ0n) is 43.7. The monoisotopic (exact) mass is 885 g/mol. The molecule has 1 aromatic heterocycles. The van der Waals surface area contributed by atoms with Gasteiger partial charge in [-0.25, -0.2) is 0 Å². The van der Waals surface area contributed by atoms with Crippen molar-refractivity contribution < 1.29 is 4.42 Å². The Bertz CT molecular complexity index is 3100. The highest BCUT2D eigenvalue weighted by Crippen LogP contribution is 2.53. The zero-order valence-corrected chi connectivity index (χ0v) is 43.7. The van der Waals surface area contributed by atoms with E-state index in [4.69, 9.17) is 4.42 Å².